The third kappa shape index (κ3) is 2.12. The number of aromatic nitrogens is 2. The van der Waals surface area contributed by atoms with Gasteiger partial charge in [-0.05, 0) is 37.1 Å². The average Bonchev–Trinajstić information content (AvgIpc) is 2.63. The molecule has 2 rings (SSSR count). The fraction of sp³-hybridized carbons (Fsp3) is 0.357. The number of ether oxygens (including phenoxy) is 2. The molecule has 0 aliphatic heterocycles. The Kier molecular flexibility index (Phi) is 3.38. The average molecular weight is 261 g/mol. The van der Waals surface area contributed by atoms with Gasteiger partial charge in [0.15, 0.2) is 11.5 Å². The summed E-state index contributed by atoms with van der Waals surface area (Å²) in [5, 5.41) is 4.35. The summed E-state index contributed by atoms with van der Waals surface area (Å²) in [6.07, 6.45) is 0. The van der Waals surface area contributed by atoms with Crippen molar-refractivity contribution in [1.29, 1.82) is 0 Å². The van der Waals surface area contributed by atoms with Crippen LogP contribution in [0.2, 0.25) is 0 Å². The molecule has 1 heterocycles. The van der Waals surface area contributed by atoms with E-state index in [9.17, 15) is 0 Å². The number of aryl methyl sites for hydroxylation is 3. The molecular formula is C14H19N3O2. The van der Waals surface area contributed by atoms with E-state index >= 15 is 0 Å². The van der Waals surface area contributed by atoms with E-state index in [0.29, 0.717) is 17.3 Å². The number of benzene rings is 1. The summed E-state index contributed by atoms with van der Waals surface area (Å²) in [5.41, 5.74) is 10.0. The molecule has 102 valence electrons. The van der Waals surface area contributed by atoms with Crippen LogP contribution in [-0.4, -0.2) is 24.0 Å². The van der Waals surface area contributed by atoms with Crippen LogP contribution in [0.3, 0.4) is 0 Å². The van der Waals surface area contributed by atoms with Crippen molar-refractivity contribution in [3.8, 4) is 22.6 Å². The minimum absolute atomic E-state index is 0.646. The minimum Gasteiger partial charge on any atom is -0.493 e. The van der Waals surface area contributed by atoms with E-state index in [-0.39, 0.29) is 0 Å². The lowest BCUT2D eigenvalue weighted by molar-refractivity contribution is 0.355. The molecule has 5 heteroatoms. The Bertz CT molecular complexity index is 618. The Hall–Kier alpha value is -2.17. The van der Waals surface area contributed by atoms with E-state index in [1.165, 1.54) is 0 Å². The lowest BCUT2D eigenvalue weighted by Gasteiger charge is -2.13. The topological polar surface area (TPSA) is 62.3 Å². The molecule has 0 fully saturated rings. The molecule has 2 aromatic rings. The van der Waals surface area contributed by atoms with Gasteiger partial charge in [-0.2, -0.15) is 5.10 Å². The zero-order valence-corrected chi connectivity index (χ0v) is 11.9. The van der Waals surface area contributed by atoms with Crippen LogP contribution in [0.4, 0.5) is 5.82 Å². The molecule has 1 aromatic carbocycles. The summed E-state index contributed by atoms with van der Waals surface area (Å²) in [4.78, 5) is 0. The molecule has 5 nitrogen and oxygen atoms in total. The van der Waals surface area contributed by atoms with Gasteiger partial charge in [0.1, 0.15) is 5.82 Å². The van der Waals surface area contributed by atoms with Crippen LogP contribution in [0.5, 0.6) is 11.5 Å². The third-order valence-corrected chi connectivity index (χ3v) is 3.27. The Morgan fingerprint density at radius 1 is 1.11 bits per heavy atom. The normalized spacial score (nSPS) is 10.6. The maximum absolute atomic E-state index is 6.09. The molecule has 0 spiro atoms. The van der Waals surface area contributed by atoms with E-state index in [1.54, 1.807) is 18.9 Å². The van der Waals surface area contributed by atoms with Crippen molar-refractivity contribution in [2.24, 2.45) is 7.05 Å². The summed E-state index contributed by atoms with van der Waals surface area (Å²) in [6.45, 7) is 3.96. The van der Waals surface area contributed by atoms with E-state index in [4.69, 9.17) is 15.2 Å². The first kappa shape index (κ1) is 13.3. The van der Waals surface area contributed by atoms with Gasteiger partial charge in [-0.15, -0.1) is 0 Å². The molecule has 0 saturated heterocycles. The Morgan fingerprint density at radius 2 is 1.68 bits per heavy atom. The fourth-order valence-electron chi connectivity index (χ4n) is 2.26. The Morgan fingerprint density at radius 3 is 2.16 bits per heavy atom. The van der Waals surface area contributed by atoms with Gasteiger partial charge in [0.05, 0.1) is 19.9 Å². The molecular weight excluding hydrogens is 242 g/mol. The number of rotatable bonds is 3. The highest BCUT2D eigenvalue weighted by molar-refractivity contribution is 5.80. The van der Waals surface area contributed by atoms with Crippen LogP contribution in [0.1, 0.15) is 11.3 Å². The number of nitrogen functional groups attached to an aromatic ring is 1. The predicted octanol–water partition coefficient (Wildman–Crippen LogP) is 2.30. The molecule has 0 amide bonds. The van der Waals surface area contributed by atoms with E-state index in [0.717, 1.165) is 22.4 Å². The van der Waals surface area contributed by atoms with Crippen LogP contribution in [0.25, 0.3) is 11.1 Å². The van der Waals surface area contributed by atoms with E-state index < -0.39 is 0 Å². The van der Waals surface area contributed by atoms with Crippen molar-refractivity contribution in [1.82, 2.24) is 9.78 Å². The van der Waals surface area contributed by atoms with Crippen molar-refractivity contribution < 1.29 is 9.47 Å². The molecule has 0 atom stereocenters. The van der Waals surface area contributed by atoms with Gasteiger partial charge >= 0.3 is 0 Å². The van der Waals surface area contributed by atoms with Gasteiger partial charge in [-0.25, -0.2) is 0 Å². The molecule has 0 radical (unpaired) electrons. The summed E-state index contributed by atoms with van der Waals surface area (Å²) in [7, 11) is 5.08. The lowest BCUT2D eigenvalue weighted by atomic mass is 9.99. The van der Waals surface area contributed by atoms with Crippen LogP contribution in [0.15, 0.2) is 12.1 Å². The molecule has 0 bridgehead atoms. The first-order valence-corrected chi connectivity index (χ1v) is 6.01. The minimum atomic E-state index is 0.646. The van der Waals surface area contributed by atoms with Crippen molar-refractivity contribution in [2.45, 2.75) is 13.8 Å². The Balaban J connectivity index is 2.69. The maximum atomic E-state index is 6.09. The van der Waals surface area contributed by atoms with E-state index in [1.807, 2.05) is 33.0 Å². The first-order valence-electron chi connectivity index (χ1n) is 6.01. The summed E-state index contributed by atoms with van der Waals surface area (Å²) in [5.74, 6) is 2.04. The zero-order valence-electron chi connectivity index (χ0n) is 11.9. The van der Waals surface area contributed by atoms with Gasteiger partial charge in [-0.1, -0.05) is 0 Å². The van der Waals surface area contributed by atoms with E-state index in [2.05, 4.69) is 5.10 Å². The fourth-order valence-corrected chi connectivity index (χ4v) is 2.26. The maximum Gasteiger partial charge on any atom is 0.161 e. The molecule has 0 saturated carbocycles. The second-order valence-electron chi connectivity index (χ2n) is 4.49. The SMILES string of the molecule is COc1cc(C)c(-c2c(C)nn(C)c2N)cc1OC. The number of nitrogens with two attached hydrogens (primary N) is 1. The predicted molar refractivity (Wildman–Crippen MR) is 75.6 cm³/mol. The molecule has 2 N–H and O–H groups in total. The van der Waals surface area contributed by atoms with Gasteiger partial charge in [-0.3, -0.25) is 4.68 Å². The number of nitrogens with zero attached hydrogens (tertiary/aromatic N) is 2. The van der Waals surface area contributed by atoms with Crippen molar-refractivity contribution in [3.63, 3.8) is 0 Å². The highest BCUT2D eigenvalue weighted by Crippen LogP contribution is 2.38. The molecule has 19 heavy (non-hydrogen) atoms. The monoisotopic (exact) mass is 261 g/mol. The van der Waals surface area contributed by atoms with Crippen LogP contribution >= 0.6 is 0 Å². The second-order valence-corrected chi connectivity index (χ2v) is 4.49. The summed E-state index contributed by atoms with van der Waals surface area (Å²) >= 11 is 0. The highest BCUT2D eigenvalue weighted by atomic mass is 16.5. The molecule has 0 aliphatic carbocycles. The second kappa shape index (κ2) is 4.84. The summed E-state index contributed by atoms with van der Waals surface area (Å²) < 4.78 is 12.3. The van der Waals surface area contributed by atoms with Gasteiger partial charge in [0.2, 0.25) is 0 Å². The molecule has 0 unspecified atom stereocenters. The van der Waals surface area contributed by atoms with Crippen LogP contribution in [-0.2, 0) is 7.05 Å². The summed E-state index contributed by atoms with van der Waals surface area (Å²) in [6, 6.07) is 3.88. The van der Waals surface area contributed by atoms with Crippen molar-refractivity contribution in [3.05, 3.63) is 23.4 Å². The lowest BCUT2D eigenvalue weighted by Crippen LogP contribution is -1.99. The largest absolute Gasteiger partial charge is 0.493 e. The van der Waals surface area contributed by atoms with Crippen molar-refractivity contribution in [2.75, 3.05) is 20.0 Å². The van der Waals surface area contributed by atoms with Crippen molar-refractivity contribution >= 4 is 5.82 Å². The smallest absolute Gasteiger partial charge is 0.161 e. The standard InChI is InChI=1S/C14H19N3O2/c1-8-6-11(18-4)12(19-5)7-10(8)13-9(2)16-17(3)14(13)15/h6-7H,15H2,1-5H3. The van der Waals surface area contributed by atoms with Gasteiger partial charge < -0.3 is 15.2 Å². The highest BCUT2D eigenvalue weighted by Gasteiger charge is 2.17. The van der Waals surface area contributed by atoms with Gasteiger partial charge in [0.25, 0.3) is 0 Å². The third-order valence-electron chi connectivity index (χ3n) is 3.27. The quantitative estimate of drug-likeness (QED) is 0.921. The first-order chi connectivity index (χ1) is 8.99. The van der Waals surface area contributed by atoms with Crippen LogP contribution < -0.4 is 15.2 Å². The molecule has 0 aliphatic rings. The number of hydrogen-bond acceptors (Lipinski definition) is 4. The number of methoxy groups -OCH3 is 2. The van der Waals surface area contributed by atoms with Gasteiger partial charge in [0, 0.05) is 12.6 Å². The number of anilines is 1. The Labute approximate surface area is 112 Å². The zero-order chi connectivity index (χ0) is 14.2. The number of hydrogen-bond donors (Lipinski definition) is 1. The molecule has 1 aromatic heterocycles. The van der Waals surface area contributed by atoms with Crippen LogP contribution in [0, 0.1) is 13.8 Å².